The highest BCUT2D eigenvalue weighted by atomic mass is 19.4. The molecule has 0 aliphatic heterocycles. The standard InChI is InChI=1S/C15H10F4N2/c16-11-4-1-9(2-5-11)7-14-20-12-6-3-10(15(17,18)19)8-13(12)21-14/h1-6,8H,7H2,(H,20,21). The van der Waals surface area contributed by atoms with Crippen molar-refractivity contribution in [1.29, 1.82) is 0 Å². The Hall–Kier alpha value is -2.37. The van der Waals surface area contributed by atoms with E-state index in [4.69, 9.17) is 0 Å². The SMILES string of the molecule is Fc1ccc(Cc2nc3ccc(C(F)(F)F)cc3[nH]2)cc1. The molecule has 0 atom stereocenters. The first-order valence-electron chi connectivity index (χ1n) is 6.22. The summed E-state index contributed by atoms with van der Waals surface area (Å²) in [7, 11) is 0. The minimum absolute atomic E-state index is 0.335. The van der Waals surface area contributed by atoms with E-state index in [9.17, 15) is 17.6 Å². The molecule has 0 saturated carbocycles. The van der Waals surface area contributed by atoms with Gasteiger partial charge in [0.1, 0.15) is 11.6 Å². The Morgan fingerprint density at radius 1 is 1.00 bits per heavy atom. The number of H-pyrrole nitrogens is 1. The van der Waals surface area contributed by atoms with E-state index in [0.29, 0.717) is 23.3 Å². The summed E-state index contributed by atoms with van der Waals surface area (Å²) in [6.45, 7) is 0. The lowest BCUT2D eigenvalue weighted by Gasteiger charge is -2.05. The zero-order chi connectivity index (χ0) is 15.0. The van der Waals surface area contributed by atoms with Crippen LogP contribution in [0.15, 0.2) is 42.5 Å². The largest absolute Gasteiger partial charge is 0.416 e. The molecule has 21 heavy (non-hydrogen) atoms. The fourth-order valence-electron chi connectivity index (χ4n) is 2.12. The number of aromatic nitrogens is 2. The van der Waals surface area contributed by atoms with Crippen molar-refractivity contribution in [2.75, 3.05) is 0 Å². The molecule has 0 aliphatic rings. The molecular formula is C15H10F4N2. The number of imidazole rings is 1. The van der Waals surface area contributed by atoms with Gasteiger partial charge in [0.25, 0.3) is 0 Å². The van der Waals surface area contributed by atoms with Crippen LogP contribution in [-0.4, -0.2) is 9.97 Å². The molecule has 0 spiro atoms. The number of alkyl halides is 3. The van der Waals surface area contributed by atoms with Gasteiger partial charge in [0.05, 0.1) is 16.6 Å². The summed E-state index contributed by atoms with van der Waals surface area (Å²) in [6.07, 6.45) is -3.98. The van der Waals surface area contributed by atoms with E-state index in [-0.39, 0.29) is 5.82 Å². The highest BCUT2D eigenvalue weighted by Gasteiger charge is 2.30. The van der Waals surface area contributed by atoms with E-state index in [1.54, 1.807) is 12.1 Å². The van der Waals surface area contributed by atoms with Gasteiger partial charge in [-0.1, -0.05) is 12.1 Å². The number of nitrogens with one attached hydrogen (secondary N) is 1. The third kappa shape index (κ3) is 2.89. The average molecular weight is 294 g/mol. The van der Waals surface area contributed by atoms with Crippen LogP contribution in [0.2, 0.25) is 0 Å². The molecule has 0 bridgehead atoms. The van der Waals surface area contributed by atoms with Gasteiger partial charge >= 0.3 is 6.18 Å². The first-order valence-corrected chi connectivity index (χ1v) is 6.22. The van der Waals surface area contributed by atoms with Gasteiger partial charge in [-0.2, -0.15) is 13.2 Å². The average Bonchev–Trinajstić information content (AvgIpc) is 2.81. The molecule has 1 heterocycles. The molecular weight excluding hydrogens is 284 g/mol. The van der Waals surface area contributed by atoms with Crippen molar-refractivity contribution >= 4 is 11.0 Å². The molecule has 1 aromatic heterocycles. The molecule has 3 aromatic rings. The van der Waals surface area contributed by atoms with Gasteiger partial charge in [-0.05, 0) is 35.9 Å². The van der Waals surface area contributed by atoms with Crippen LogP contribution in [0.3, 0.4) is 0 Å². The summed E-state index contributed by atoms with van der Waals surface area (Å²) in [5, 5.41) is 0. The maximum absolute atomic E-state index is 12.8. The molecule has 108 valence electrons. The summed E-state index contributed by atoms with van der Waals surface area (Å²) in [5.41, 5.74) is 0.917. The number of fused-ring (bicyclic) bond motifs is 1. The summed E-state index contributed by atoms with van der Waals surface area (Å²) in [4.78, 5) is 7.10. The van der Waals surface area contributed by atoms with Crippen molar-refractivity contribution in [3.63, 3.8) is 0 Å². The Labute approximate surface area is 117 Å². The van der Waals surface area contributed by atoms with E-state index in [1.165, 1.54) is 18.2 Å². The topological polar surface area (TPSA) is 28.7 Å². The van der Waals surface area contributed by atoms with Crippen molar-refractivity contribution in [2.24, 2.45) is 0 Å². The lowest BCUT2D eigenvalue weighted by Crippen LogP contribution is -2.04. The number of aromatic amines is 1. The Morgan fingerprint density at radius 3 is 2.38 bits per heavy atom. The summed E-state index contributed by atoms with van der Waals surface area (Å²) in [6, 6.07) is 9.27. The predicted octanol–water partition coefficient (Wildman–Crippen LogP) is 4.31. The number of hydrogen-bond acceptors (Lipinski definition) is 1. The number of nitrogens with zero attached hydrogens (tertiary/aromatic N) is 1. The van der Waals surface area contributed by atoms with E-state index in [1.807, 2.05) is 0 Å². The molecule has 3 rings (SSSR count). The first kappa shape index (κ1) is 13.6. The second-order valence-corrected chi connectivity index (χ2v) is 4.72. The molecule has 1 N–H and O–H groups in total. The molecule has 0 unspecified atom stereocenters. The maximum atomic E-state index is 12.8. The van der Waals surface area contributed by atoms with Crippen LogP contribution in [0.25, 0.3) is 11.0 Å². The van der Waals surface area contributed by atoms with Crippen LogP contribution in [0, 0.1) is 5.82 Å². The minimum atomic E-state index is -4.38. The normalized spacial score (nSPS) is 12.0. The third-order valence-electron chi connectivity index (χ3n) is 3.14. The zero-order valence-electron chi connectivity index (χ0n) is 10.7. The molecule has 0 amide bonds. The van der Waals surface area contributed by atoms with Gasteiger partial charge in [-0.25, -0.2) is 9.37 Å². The van der Waals surface area contributed by atoms with Gasteiger partial charge < -0.3 is 4.98 Å². The van der Waals surface area contributed by atoms with Crippen LogP contribution in [0.4, 0.5) is 17.6 Å². The van der Waals surface area contributed by atoms with Crippen LogP contribution in [-0.2, 0) is 12.6 Å². The number of hydrogen-bond donors (Lipinski definition) is 1. The highest BCUT2D eigenvalue weighted by Crippen LogP contribution is 2.30. The summed E-state index contributed by atoms with van der Waals surface area (Å²) >= 11 is 0. The van der Waals surface area contributed by atoms with E-state index >= 15 is 0 Å². The van der Waals surface area contributed by atoms with Crippen LogP contribution < -0.4 is 0 Å². The van der Waals surface area contributed by atoms with Crippen molar-refractivity contribution < 1.29 is 17.6 Å². The van der Waals surface area contributed by atoms with Crippen molar-refractivity contribution in [3.8, 4) is 0 Å². The fraction of sp³-hybridized carbons (Fsp3) is 0.133. The van der Waals surface area contributed by atoms with E-state index in [0.717, 1.165) is 17.7 Å². The van der Waals surface area contributed by atoms with Crippen molar-refractivity contribution in [3.05, 3.63) is 65.2 Å². The maximum Gasteiger partial charge on any atom is 0.416 e. The van der Waals surface area contributed by atoms with Crippen LogP contribution in [0.1, 0.15) is 17.0 Å². The molecule has 2 nitrogen and oxygen atoms in total. The van der Waals surface area contributed by atoms with Gasteiger partial charge in [-0.3, -0.25) is 0 Å². The monoisotopic (exact) mass is 294 g/mol. The third-order valence-corrected chi connectivity index (χ3v) is 3.14. The Bertz CT molecular complexity index is 772. The highest BCUT2D eigenvalue weighted by molar-refractivity contribution is 5.76. The second-order valence-electron chi connectivity index (χ2n) is 4.72. The summed E-state index contributed by atoms with van der Waals surface area (Å²) < 4.78 is 50.7. The lowest BCUT2D eigenvalue weighted by atomic mass is 10.1. The molecule has 0 saturated heterocycles. The first-order chi connectivity index (χ1) is 9.91. The quantitative estimate of drug-likeness (QED) is 0.701. The lowest BCUT2D eigenvalue weighted by molar-refractivity contribution is -0.137. The number of halogens is 4. The van der Waals surface area contributed by atoms with Gasteiger partial charge in [0, 0.05) is 6.42 Å². The van der Waals surface area contributed by atoms with Crippen molar-refractivity contribution in [1.82, 2.24) is 9.97 Å². The second kappa shape index (κ2) is 4.87. The zero-order valence-corrected chi connectivity index (χ0v) is 10.7. The van der Waals surface area contributed by atoms with E-state index < -0.39 is 11.7 Å². The molecule has 6 heteroatoms. The molecule has 0 radical (unpaired) electrons. The summed E-state index contributed by atoms with van der Waals surface area (Å²) in [5.74, 6) is 0.203. The van der Waals surface area contributed by atoms with Gasteiger partial charge in [0.2, 0.25) is 0 Å². The van der Waals surface area contributed by atoms with Crippen LogP contribution >= 0.6 is 0 Å². The van der Waals surface area contributed by atoms with E-state index in [2.05, 4.69) is 9.97 Å². The predicted molar refractivity (Wildman–Crippen MR) is 70.3 cm³/mol. The number of rotatable bonds is 2. The molecule has 2 aromatic carbocycles. The minimum Gasteiger partial charge on any atom is -0.342 e. The Kier molecular flexibility index (Phi) is 3.16. The molecule has 0 aliphatic carbocycles. The fourth-order valence-corrected chi connectivity index (χ4v) is 2.12. The van der Waals surface area contributed by atoms with Gasteiger partial charge in [0.15, 0.2) is 0 Å². The number of benzene rings is 2. The Balaban J connectivity index is 1.92. The van der Waals surface area contributed by atoms with Gasteiger partial charge in [-0.15, -0.1) is 0 Å². The smallest absolute Gasteiger partial charge is 0.342 e. The van der Waals surface area contributed by atoms with Crippen molar-refractivity contribution in [2.45, 2.75) is 12.6 Å². The van der Waals surface area contributed by atoms with Crippen LogP contribution in [0.5, 0.6) is 0 Å². The molecule has 0 fully saturated rings. The Morgan fingerprint density at radius 2 is 1.71 bits per heavy atom.